The summed E-state index contributed by atoms with van der Waals surface area (Å²) in [5.41, 5.74) is 2.17. The molecule has 1 heterocycles. The van der Waals surface area contributed by atoms with Crippen LogP contribution in [0.5, 0.6) is 0 Å². The highest BCUT2D eigenvalue weighted by atomic mass is 16.5. The fourth-order valence-corrected chi connectivity index (χ4v) is 4.07. The summed E-state index contributed by atoms with van der Waals surface area (Å²) in [5.74, 6) is -1.23. The molecule has 0 spiro atoms. The molecule has 7 heteroatoms. The van der Waals surface area contributed by atoms with Crippen LogP contribution in [0.1, 0.15) is 31.2 Å². The summed E-state index contributed by atoms with van der Waals surface area (Å²) >= 11 is 0. The first-order chi connectivity index (χ1) is 16.1. The van der Waals surface area contributed by atoms with Crippen LogP contribution in [-0.4, -0.2) is 64.3 Å². The molecule has 1 saturated heterocycles. The van der Waals surface area contributed by atoms with Crippen LogP contribution in [0.3, 0.4) is 0 Å². The average molecular weight is 453 g/mol. The fourth-order valence-electron chi connectivity index (χ4n) is 4.07. The molecule has 1 aliphatic heterocycles. The Balaban J connectivity index is 1.73. The van der Waals surface area contributed by atoms with Gasteiger partial charge in [0.15, 0.2) is 0 Å². The zero-order chi connectivity index (χ0) is 23.5. The second kappa shape index (κ2) is 12.9. The van der Waals surface area contributed by atoms with Crippen LogP contribution in [0.2, 0.25) is 0 Å². The van der Waals surface area contributed by atoms with Crippen LogP contribution in [0.15, 0.2) is 42.0 Å². The molecule has 0 radical (unpaired) electrons. The largest absolute Gasteiger partial charge is 0.477 e. The summed E-state index contributed by atoms with van der Waals surface area (Å²) in [5, 5.41) is 21.2. The molecule has 0 atom stereocenters. The van der Waals surface area contributed by atoms with E-state index in [0.717, 1.165) is 29.4 Å². The number of carboxylic acids is 1. The van der Waals surface area contributed by atoms with Crippen molar-refractivity contribution in [3.05, 3.63) is 47.5 Å². The van der Waals surface area contributed by atoms with Crippen molar-refractivity contribution >= 4 is 28.0 Å². The zero-order valence-electron chi connectivity index (χ0n) is 19.2. The van der Waals surface area contributed by atoms with Gasteiger partial charge in [-0.3, -0.25) is 0 Å². The highest BCUT2D eigenvalue weighted by molar-refractivity contribution is 6.01. The summed E-state index contributed by atoms with van der Waals surface area (Å²) in [6, 6.07) is 14.1. The highest BCUT2D eigenvalue weighted by Gasteiger charge is 2.17. The zero-order valence-corrected chi connectivity index (χ0v) is 19.2. The predicted molar refractivity (Wildman–Crippen MR) is 128 cm³/mol. The lowest BCUT2D eigenvalue weighted by Gasteiger charge is -2.29. The molecule has 1 fully saturated rings. The van der Waals surface area contributed by atoms with Gasteiger partial charge in [-0.15, -0.1) is 0 Å². The lowest BCUT2D eigenvalue weighted by atomic mass is 9.95. The topological polar surface area (TPSA) is 92.0 Å². The van der Waals surface area contributed by atoms with Gasteiger partial charge in [0.05, 0.1) is 33.0 Å². The first kappa shape index (κ1) is 24.7. The highest BCUT2D eigenvalue weighted by Crippen LogP contribution is 2.29. The number of carbonyl (C=O) groups is 1. The number of nitriles is 1. The monoisotopic (exact) mass is 452 g/mol. The number of carboxylic acid groups (broad SMARTS) is 1. The first-order valence-electron chi connectivity index (χ1n) is 11.4. The Hall–Kier alpha value is -2.92. The predicted octanol–water partition coefficient (Wildman–Crippen LogP) is 4.26. The van der Waals surface area contributed by atoms with Crippen LogP contribution in [0, 0.1) is 11.3 Å². The summed E-state index contributed by atoms with van der Waals surface area (Å²) in [6.45, 7) is 4.31. The first-order valence-corrected chi connectivity index (χ1v) is 11.4. The number of rotatable bonds is 12. The van der Waals surface area contributed by atoms with Crippen LogP contribution >= 0.6 is 0 Å². The number of fused-ring (bicyclic) bond motifs is 1. The molecule has 3 rings (SSSR count). The third-order valence-corrected chi connectivity index (χ3v) is 5.82. The molecule has 0 unspecified atom stereocenters. The second-order valence-corrected chi connectivity index (χ2v) is 8.03. The van der Waals surface area contributed by atoms with E-state index in [0.29, 0.717) is 45.0 Å². The van der Waals surface area contributed by atoms with E-state index in [1.807, 2.05) is 24.3 Å². The van der Waals surface area contributed by atoms with Gasteiger partial charge in [-0.25, -0.2) is 4.79 Å². The third kappa shape index (κ3) is 7.03. The van der Waals surface area contributed by atoms with Crippen LogP contribution in [0.4, 0.5) is 5.69 Å². The lowest BCUT2D eigenvalue weighted by molar-refractivity contribution is -0.132. The van der Waals surface area contributed by atoms with E-state index in [9.17, 15) is 15.2 Å². The van der Waals surface area contributed by atoms with Crippen molar-refractivity contribution < 1.29 is 24.1 Å². The molecule has 1 aliphatic rings. The van der Waals surface area contributed by atoms with Gasteiger partial charge in [0.1, 0.15) is 11.6 Å². The number of benzene rings is 2. The van der Waals surface area contributed by atoms with Crippen molar-refractivity contribution in [2.45, 2.75) is 25.7 Å². The molecule has 7 nitrogen and oxygen atoms in total. The molecule has 0 saturated carbocycles. The van der Waals surface area contributed by atoms with E-state index in [2.05, 4.69) is 23.1 Å². The summed E-state index contributed by atoms with van der Waals surface area (Å²) in [7, 11) is 1.61. The molecule has 33 heavy (non-hydrogen) atoms. The Morgan fingerprint density at radius 3 is 2.33 bits per heavy atom. The number of anilines is 1. The fraction of sp³-hybridized carbons (Fsp3) is 0.462. The summed E-state index contributed by atoms with van der Waals surface area (Å²) in [6.07, 6.45) is 4.06. The smallest absolute Gasteiger partial charge is 0.346 e. The van der Waals surface area contributed by atoms with Crippen LogP contribution in [0.25, 0.3) is 16.3 Å². The molecule has 0 aliphatic carbocycles. The molecule has 0 aromatic heterocycles. The van der Waals surface area contributed by atoms with E-state index in [1.54, 1.807) is 7.11 Å². The summed E-state index contributed by atoms with van der Waals surface area (Å²) in [4.78, 5) is 14.1. The van der Waals surface area contributed by atoms with E-state index in [1.165, 1.54) is 24.9 Å². The van der Waals surface area contributed by atoms with Crippen molar-refractivity contribution in [1.29, 1.82) is 5.26 Å². The quantitative estimate of drug-likeness (QED) is 0.292. The lowest BCUT2D eigenvalue weighted by Crippen LogP contribution is -2.29. The molecule has 1 N–H and O–H groups in total. The number of ether oxygens (including phenoxy) is 3. The average Bonchev–Trinajstić information content (AvgIpc) is 2.84. The van der Waals surface area contributed by atoms with E-state index in [4.69, 9.17) is 14.2 Å². The number of nitrogens with zero attached hydrogens (tertiary/aromatic N) is 2. The SMILES string of the molecule is COCCOCCOCC/C(=C(/C#N)C(=O)O)c1ccc2cc(N3CCCCC3)ccc2c1. The van der Waals surface area contributed by atoms with Crippen molar-refractivity contribution in [3.8, 4) is 6.07 Å². The minimum Gasteiger partial charge on any atom is -0.477 e. The van der Waals surface area contributed by atoms with Gasteiger partial charge in [0.25, 0.3) is 0 Å². The number of aliphatic carboxylic acids is 1. The standard InChI is InChI=1S/C26H32N2O5/c1-31-13-14-33-16-15-32-12-9-24(25(19-27)26(29)30)22-6-5-21-18-23(8-7-20(21)17-22)28-10-3-2-4-11-28/h5-8,17-18H,2-4,9-16H2,1H3,(H,29,30)/b25-24+. The Labute approximate surface area is 195 Å². The minimum atomic E-state index is -1.23. The maximum atomic E-state index is 11.7. The Bertz CT molecular complexity index is 1010. The van der Waals surface area contributed by atoms with Crippen LogP contribution in [-0.2, 0) is 19.0 Å². The number of hydrogen-bond donors (Lipinski definition) is 1. The van der Waals surface area contributed by atoms with Crippen LogP contribution < -0.4 is 4.90 Å². The maximum absolute atomic E-state index is 11.7. The van der Waals surface area contributed by atoms with Crippen molar-refractivity contribution in [1.82, 2.24) is 0 Å². The van der Waals surface area contributed by atoms with Gasteiger partial charge < -0.3 is 24.2 Å². The normalized spacial score (nSPS) is 14.7. The Morgan fingerprint density at radius 2 is 1.64 bits per heavy atom. The van der Waals surface area contributed by atoms with Crippen molar-refractivity contribution in [2.75, 3.05) is 58.1 Å². The van der Waals surface area contributed by atoms with E-state index < -0.39 is 5.97 Å². The maximum Gasteiger partial charge on any atom is 0.346 e. The molecular formula is C26H32N2O5. The van der Waals surface area contributed by atoms with Gasteiger partial charge in [-0.2, -0.15) is 5.26 Å². The molecule has 2 aromatic carbocycles. The molecule has 2 aromatic rings. The minimum absolute atomic E-state index is 0.251. The third-order valence-electron chi connectivity index (χ3n) is 5.82. The van der Waals surface area contributed by atoms with Gasteiger partial charge >= 0.3 is 5.97 Å². The van der Waals surface area contributed by atoms with Crippen molar-refractivity contribution in [3.63, 3.8) is 0 Å². The Morgan fingerprint density at radius 1 is 0.970 bits per heavy atom. The molecule has 0 bridgehead atoms. The summed E-state index contributed by atoms with van der Waals surface area (Å²) < 4.78 is 15.9. The van der Waals surface area contributed by atoms with Gasteiger partial charge in [-0.05, 0) is 65.8 Å². The molecular weight excluding hydrogens is 420 g/mol. The second-order valence-electron chi connectivity index (χ2n) is 8.03. The van der Waals surface area contributed by atoms with Crippen molar-refractivity contribution in [2.24, 2.45) is 0 Å². The van der Waals surface area contributed by atoms with Gasteiger partial charge in [0.2, 0.25) is 0 Å². The number of hydrogen-bond acceptors (Lipinski definition) is 6. The number of methoxy groups -OCH3 is 1. The molecule has 0 amide bonds. The number of piperidine rings is 1. The van der Waals surface area contributed by atoms with E-state index in [-0.39, 0.29) is 5.57 Å². The molecule has 176 valence electrons. The van der Waals surface area contributed by atoms with Gasteiger partial charge in [-0.1, -0.05) is 18.2 Å². The van der Waals surface area contributed by atoms with E-state index >= 15 is 0 Å². The Kier molecular flexibility index (Phi) is 9.70. The van der Waals surface area contributed by atoms with Gasteiger partial charge in [0, 0.05) is 25.9 Å².